The molecule has 1 aromatic heterocycles. The Morgan fingerprint density at radius 1 is 1.24 bits per heavy atom. The molecule has 0 saturated carbocycles. The van der Waals surface area contributed by atoms with Gasteiger partial charge in [0, 0.05) is 54.0 Å². The fraction of sp³-hybridized carbons (Fsp3) is 0.276. The Morgan fingerprint density at radius 3 is 2.87 bits per heavy atom. The Balaban J connectivity index is 1.29. The molecule has 1 aliphatic rings. The number of halogens is 1. The second-order valence-electron chi connectivity index (χ2n) is 9.56. The van der Waals surface area contributed by atoms with Gasteiger partial charge in [-0.2, -0.15) is 0 Å². The van der Waals surface area contributed by atoms with Crippen LogP contribution < -0.4 is 15.8 Å². The number of anilines is 1. The molecule has 0 aliphatic carbocycles. The maximum absolute atomic E-state index is 14.4. The predicted octanol–water partition coefficient (Wildman–Crippen LogP) is 4.68. The van der Waals surface area contributed by atoms with Gasteiger partial charge in [-0.25, -0.2) is 9.37 Å². The number of likely N-dealkylation sites (tertiary alicyclic amines) is 1. The van der Waals surface area contributed by atoms with E-state index >= 15 is 0 Å². The number of ether oxygens (including phenoxy) is 1. The van der Waals surface area contributed by atoms with Crippen molar-refractivity contribution in [1.29, 1.82) is 5.41 Å². The summed E-state index contributed by atoms with van der Waals surface area (Å²) in [6.07, 6.45) is 1.70. The lowest BCUT2D eigenvalue weighted by Gasteiger charge is -2.33. The molecule has 1 fully saturated rings. The molecule has 1 aliphatic heterocycles. The summed E-state index contributed by atoms with van der Waals surface area (Å²) < 4.78 is 25.3. The lowest BCUT2D eigenvalue weighted by molar-refractivity contribution is 0.0899. The lowest BCUT2D eigenvalue weighted by Crippen LogP contribution is -2.47. The van der Waals surface area contributed by atoms with Crippen molar-refractivity contribution in [1.82, 2.24) is 15.2 Å². The molecule has 1 atom stereocenters. The van der Waals surface area contributed by atoms with Crippen molar-refractivity contribution in [3.05, 3.63) is 88.6 Å². The van der Waals surface area contributed by atoms with Crippen molar-refractivity contribution in [3.8, 4) is 5.75 Å². The second kappa shape index (κ2) is 10.6. The molecule has 8 nitrogen and oxygen atoms in total. The predicted molar refractivity (Wildman–Crippen MR) is 144 cm³/mol. The molecular weight excluding hydrogens is 485 g/mol. The minimum atomic E-state index is -0.301. The van der Waals surface area contributed by atoms with Gasteiger partial charge < -0.3 is 20.2 Å². The third-order valence-corrected chi connectivity index (χ3v) is 6.89. The molecule has 0 bridgehead atoms. The number of oxazole rings is 1. The first-order chi connectivity index (χ1) is 18.3. The quantitative estimate of drug-likeness (QED) is 0.243. The number of rotatable bonds is 7. The smallest absolute Gasteiger partial charge is 0.251 e. The number of nitrogens with two attached hydrogens (primary N) is 1. The largest absolute Gasteiger partial charge is 0.496 e. The van der Waals surface area contributed by atoms with Crippen LogP contribution in [0.2, 0.25) is 0 Å². The number of aromatic nitrogens is 1. The first-order valence-corrected chi connectivity index (χ1v) is 12.5. The Labute approximate surface area is 220 Å². The third kappa shape index (κ3) is 5.24. The topological polar surface area (TPSA) is 117 Å². The van der Waals surface area contributed by atoms with E-state index in [1.165, 1.54) is 13.2 Å². The maximum Gasteiger partial charge on any atom is 0.251 e. The summed E-state index contributed by atoms with van der Waals surface area (Å²) >= 11 is 0. The number of fused-ring (bicyclic) bond motifs is 1. The van der Waals surface area contributed by atoms with Crippen LogP contribution in [0.1, 0.15) is 45.8 Å². The molecule has 1 unspecified atom stereocenters. The Kier molecular flexibility index (Phi) is 7.11. The molecule has 3 aromatic carbocycles. The van der Waals surface area contributed by atoms with Gasteiger partial charge in [0.1, 0.15) is 17.1 Å². The zero-order valence-electron chi connectivity index (χ0n) is 21.4. The monoisotopic (exact) mass is 515 g/mol. The molecular formula is C29H30FN5O3. The van der Waals surface area contributed by atoms with Gasteiger partial charge in [-0.15, -0.1) is 0 Å². The highest BCUT2D eigenvalue weighted by Crippen LogP contribution is 2.25. The highest BCUT2D eigenvalue weighted by Gasteiger charge is 2.24. The summed E-state index contributed by atoms with van der Waals surface area (Å²) in [4.78, 5) is 19.7. The van der Waals surface area contributed by atoms with Crippen LogP contribution in [0.15, 0.2) is 59.0 Å². The lowest BCUT2D eigenvalue weighted by atomic mass is 9.98. The number of nitrogen functional groups attached to an aromatic ring is 1. The minimum absolute atomic E-state index is 0.0905. The number of carbonyl (C=O) groups excluding carboxylic acids is 1. The van der Waals surface area contributed by atoms with Crippen molar-refractivity contribution in [2.75, 3.05) is 25.9 Å². The van der Waals surface area contributed by atoms with Crippen LogP contribution in [0.3, 0.4) is 0 Å². The molecule has 196 valence electrons. The van der Waals surface area contributed by atoms with Gasteiger partial charge in [-0.1, -0.05) is 6.07 Å². The van der Waals surface area contributed by atoms with Crippen molar-refractivity contribution >= 4 is 28.4 Å². The first kappa shape index (κ1) is 25.4. The number of amides is 1. The van der Waals surface area contributed by atoms with E-state index in [4.69, 9.17) is 20.3 Å². The normalized spacial score (nSPS) is 15.9. The van der Waals surface area contributed by atoms with E-state index in [0.29, 0.717) is 63.8 Å². The number of nitrogens with one attached hydrogen (secondary N) is 2. The molecule has 0 radical (unpaired) electrons. The SMILES string of the molecule is COc1cccc(F)c1CN1CCCC(NC(=O)c2ccc(N)c(C(=N)c3ccc4oc(C)nc4c3)c2)C1. The Bertz CT molecular complexity index is 1520. The number of hydrogen-bond acceptors (Lipinski definition) is 7. The number of benzene rings is 3. The van der Waals surface area contributed by atoms with Crippen LogP contribution >= 0.6 is 0 Å². The zero-order chi connectivity index (χ0) is 26.8. The van der Waals surface area contributed by atoms with Crippen LogP contribution in [-0.2, 0) is 6.54 Å². The Hall–Kier alpha value is -4.24. The van der Waals surface area contributed by atoms with E-state index in [1.54, 1.807) is 55.5 Å². The van der Waals surface area contributed by atoms with E-state index in [1.807, 2.05) is 0 Å². The fourth-order valence-corrected chi connectivity index (χ4v) is 4.96. The van der Waals surface area contributed by atoms with E-state index in [-0.39, 0.29) is 23.5 Å². The number of piperidine rings is 1. The van der Waals surface area contributed by atoms with Gasteiger partial charge in [0.25, 0.3) is 5.91 Å². The van der Waals surface area contributed by atoms with Gasteiger partial charge >= 0.3 is 0 Å². The summed E-state index contributed by atoms with van der Waals surface area (Å²) in [5, 5.41) is 11.9. The minimum Gasteiger partial charge on any atom is -0.496 e. The second-order valence-corrected chi connectivity index (χ2v) is 9.56. The maximum atomic E-state index is 14.4. The van der Waals surface area contributed by atoms with Crippen LogP contribution in [-0.4, -0.2) is 47.7 Å². The van der Waals surface area contributed by atoms with Crippen LogP contribution in [0.5, 0.6) is 5.75 Å². The van der Waals surface area contributed by atoms with Crippen molar-refractivity contribution in [3.63, 3.8) is 0 Å². The first-order valence-electron chi connectivity index (χ1n) is 12.5. The molecule has 1 amide bonds. The van der Waals surface area contributed by atoms with Crippen LogP contribution in [0.4, 0.5) is 10.1 Å². The summed E-state index contributed by atoms with van der Waals surface area (Å²) in [6, 6.07) is 15.0. The molecule has 2 heterocycles. The van der Waals surface area contributed by atoms with Crippen molar-refractivity contribution in [2.45, 2.75) is 32.4 Å². The molecule has 1 saturated heterocycles. The summed E-state index contributed by atoms with van der Waals surface area (Å²) in [5.41, 5.74) is 10.1. The van der Waals surface area contributed by atoms with E-state index in [0.717, 1.165) is 19.4 Å². The van der Waals surface area contributed by atoms with E-state index < -0.39 is 0 Å². The molecule has 5 rings (SSSR count). The van der Waals surface area contributed by atoms with Crippen molar-refractivity contribution in [2.24, 2.45) is 0 Å². The molecule has 9 heteroatoms. The standard InChI is InChI=1S/C29H30FN5O3/c1-17-33-25-14-18(9-11-27(25)38-17)28(32)21-13-19(8-10-24(21)31)29(36)34-20-5-4-12-35(15-20)16-22-23(30)6-3-7-26(22)37-2/h3,6-11,13-14,20,32H,4-5,12,15-16,31H2,1-2H3,(H,34,36). The van der Waals surface area contributed by atoms with Gasteiger partial charge in [0.05, 0.1) is 12.8 Å². The molecule has 4 N–H and O–H groups in total. The average molecular weight is 516 g/mol. The number of aryl methyl sites for hydroxylation is 1. The number of carbonyl (C=O) groups is 1. The Morgan fingerprint density at radius 2 is 2.05 bits per heavy atom. The van der Waals surface area contributed by atoms with E-state index in [2.05, 4.69) is 15.2 Å². The van der Waals surface area contributed by atoms with Gasteiger partial charge in [-0.05, 0) is 67.9 Å². The highest BCUT2D eigenvalue weighted by molar-refractivity contribution is 6.15. The summed E-state index contributed by atoms with van der Waals surface area (Å²) in [5.74, 6) is 0.532. The number of methoxy groups -OCH3 is 1. The molecule has 38 heavy (non-hydrogen) atoms. The van der Waals surface area contributed by atoms with Crippen LogP contribution in [0, 0.1) is 18.2 Å². The molecule has 0 spiro atoms. The van der Waals surface area contributed by atoms with Crippen LogP contribution in [0.25, 0.3) is 11.1 Å². The zero-order valence-corrected chi connectivity index (χ0v) is 21.4. The molecule has 4 aromatic rings. The van der Waals surface area contributed by atoms with Crippen molar-refractivity contribution < 1.29 is 18.3 Å². The fourth-order valence-electron chi connectivity index (χ4n) is 4.96. The average Bonchev–Trinajstić information content (AvgIpc) is 3.29. The van der Waals surface area contributed by atoms with Gasteiger partial charge in [0.2, 0.25) is 0 Å². The number of nitrogens with zero attached hydrogens (tertiary/aromatic N) is 2. The van der Waals surface area contributed by atoms with Gasteiger partial charge in [0.15, 0.2) is 11.5 Å². The van der Waals surface area contributed by atoms with Gasteiger partial charge in [-0.3, -0.25) is 15.1 Å². The highest BCUT2D eigenvalue weighted by atomic mass is 19.1. The number of hydrogen-bond donors (Lipinski definition) is 3. The summed E-state index contributed by atoms with van der Waals surface area (Å²) in [6.45, 7) is 3.58. The summed E-state index contributed by atoms with van der Waals surface area (Å²) in [7, 11) is 1.53. The van der Waals surface area contributed by atoms with E-state index in [9.17, 15) is 9.18 Å². The third-order valence-electron chi connectivity index (χ3n) is 6.89.